The summed E-state index contributed by atoms with van der Waals surface area (Å²) in [6.45, 7) is 2.53. The number of amides is 2. The van der Waals surface area contributed by atoms with Crippen molar-refractivity contribution >= 4 is 46.7 Å². The molecule has 11 nitrogen and oxygen atoms in total. The fourth-order valence-corrected chi connectivity index (χ4v) is 6.17. The minimum atomic E-state index is -0.806. The molecule has 1 aliphatic heterocycles. The van der Waals surface area contributed by atoms with Crippen molar-refractivity contribution in [1.29, 1.82) is 0 Å². The normalized spacial score (nSPS) is 25.4. The van der Waals surface area contributed by atoms with Crippen LogP contribution in [0.4, 0.5) is 27.9 Å². The van der Waals surface area contributed by atoms with Gasteiger partial charge >= 0.3 is 6.09 Å². The van der Waals surface area contributed by atoms with E-state index < -0.39 is 12.2 Å². The standard InChI is InChI=1S/C27H34ClN7O4/c1-5-35-19-11-9-18(23(38-4)16(19)8-10-20(25(35)36)34(2)3)31-27-30-13-17(28)24(33-27)32-21-14-6-7-15(12-14)22(21)39-26(29)37/h6-7,9,11,13-15,20-22H,5,8,10,12H2,1-4H3,(H2,29,37)(H2,30,31,32,33)/t14-,15+,20+,21+,22-/m0/s1. The number of likely N-dealkylation sites (N-methyl/N-ethyl adjacent to an activating group) is 2. The average molecular weight is 556 g/mol. The van der Waals surface area contributed by atoms with Gasteiger partial charge in [0.25, 0.3) is 0 Å². The molecule has 39 heavy (non-hydrogen) atoms. The van der Waals surface area contributed by atoms with Gasteiger partial charge in [0.05, 0.1) is 36.8 Å². The largest absolute Gasteiger partial charge is 0.494 e. The Hall–Kier alpha value is -3.57. The summed E-state index contributed by atoms with van der Waals surface area (Å²) in [4.78, 5) is 37.5. The van der Waals surface area contributed by atoms with Gasteiger partial charge in [-0.2, -0.15) is 4.98 Å². The van der Waals surface area contributed by atoms with Crippen LogP contribution in [0.1, 0.15) is 25.3 Å². The number of ether oxygens (including phenoxy) is 2. The lowest BCUT2D eigenvalue weighted by Crippen LogP contribution is -2.45. The molecule has 5 atom stereocenters. The zero-order valence-corrected chi connectivity index (χ0v) is 23.2. The Balaban J connectivity index is 1.42. The number of aromatic nitrogens is 2. The van der Waals surface area contributed by atoms with Crippen LogP contribution in [0.25, 0.3) is 0 Å². The number of halogens is 1. The van der Waals surface area contributed by atoms with Crippen LogP contribution in [0, 0.1) is 11.8 Å². The molecule has 2 heterocycles. The van der Waals surface area contributed by atoms with E-state index in [0.717, 1.165) is 17.7 Å². The minimum Gasteiger partial charge on any atom is -0.494 e. The van der Waals surface area contributed by atoms with Gasteiger partial charge in [0.2, 0.25) is 11.9 Å². The Labute approximate surface area is 232 Å². The molecular formula is C27H34ClN7O4. The maximum atomic E-state index is 13.2. The maximum Gasteiger partial charge on any atom is 0.404 e. The molecule has 2 bridgehead atoms. The fourth-order valence-electron chi connectivity index (χ4n) is 6.02. The first-order valence-corrected chi connectivity index (χ1v) is 13.5. The molecule has 1 aromatic heterocycles. The van der Waals surface area contributed by atoms with Gasteiger partial charge < -0.3 is 30.7 Å². The van der Waals surface area contributed by atoms with Gasteiger partial charge in [-0.3, -0.25) is 9.69 Å². The predicted octanol–water partition coefficient (Wildman–Crippen LogP) is 3.56. The third-order valence-electron chi connectivity index (χ3n) is 7.82. The summed E-state index contributed by atoms with van der Waals surface area (Å²) in [5.74, 6) is 1.72. The molecule has 208 valence electrons. The highest BCUT2D eigenvalue weighted by molar-refractivity contribution is 6.32. The van der Waals surface area contributed by atoms with Gasteiger partial charge in [-0.15, -0.1) is 0 Å². The molecule has 1 fully saturated rings. The first-order chi connectivity index (χ1) is 18.7. The molecule has 12 heteroatoms. The molecular weight excluding hydrogens is 522 g/mol. The number of nitrogens with zero attached hydrogens (tertiary/aromatic N) is 4. The van der Waals surface area contributed by atoms with Crippen molar-refractivity contribution in [1.82, 2.24) is 14.9 Å². The van der Waals surface area contributed by atoms with Crippen LogP contribution < -0.4 is 26.0 Å². The number of hydrogen-bond acceptors (Lipinski definition) is 9. The first-order valence-electron chi connectivity index (χ1n) is 13.1. The Morgan fingerprint density at radius 1 is 1.28 bits per heavy atom. The molecule has 1 saturated carbocycles. The molecule has 4 N–H and O–H groups in total. The van der Waals surface area contributed by atoms with Crippen LogP contribution in [-0.4, -0.2) is 72.8 Å². The summed E-state index contributed by atoms with van der Waals surface area (Å²) >= 11 is 6.46. The molecule has 0 saturated heterocycles. The number of fused-ring (bicyclic) bond motifs is 3. The second-order valence-corrected chi connectivity index (χ2v) is 10.7. The van der Waals surface area contributed by atoms with Crippen LogP contribution in [0.15, 0.2) is 30.5 Å². The van der Waals surface area contributed by atoms with Gasteiger partial charge in [0.15, 0.2) is 5.82 Å². The van der Waals surface area contributed by atoms with Crippen LogP contribution in [0.5, 0.6) is 5.75 Å². The molecule has 0 radical (unpaired) electrons. The van der Waals surface area contributed by atoms with Gasteiger partial charge in [-0.25, -0.2) is 9.78 Å². The van der Waals surface area contributed by atoms with E-state index in [1.807, 2.05) is 43.0 Å². The number of carbonyl (C=O) groups excluding carboxylic acids is 2. The van der Waals surface area contributed by atoms with Crippen molar-refractivity contribution in [2.75, 3.05) is 43.3 Å². The maximum absolute atomic E-state index is 13.2. The summed E-state index contributed by atoms with van der Waals surface area (Å²) in [6.07, 6.45) is 6.69. The number of anilines is 4. The van der Waals surface area contributed by atoms with Crippen LogP contribution >= 0.6 is 11.6 Å². The molecule has 0 spiro atoms. The minimum absolute atomic E-state index is 0.0786. The lowest BCUT2D eigenvalue weighted by molar-refractivity contribution is -0.122. The van der Waals surface area contributed by atoms with Crippen molar-refractivity contribution in [3.8, 4) is 5.75 Å². The zero-order chi connectivity index (χ0) is 27.8. The molecule has 2 aromatic rings. The summed E-state index contributed by atoms with van der Waals surface area (Å²) in [7, 11) is 5.47. The van der Waals surface area contributed by atoms with E-state index in [2.05, 4.69) is 32.8 Å². The van der Waals surface area contributed by atoms with E-state index in [1.54, 1.807) is 7.11 Å². The Kier molecular flexibility index (Phi) is 7.55. The number of methoxy groups -OCH3 is 1. The van der Waals surface area contributed by atoms with Crippen molar-refractivity contribution in [3.63, 3.8) is 0 Å². The Morgan fingerprint density at radius 3 is 2.74 bits per heavy atom. The summed E-state index contributed by atoms with van der Waals surface area (Å²) in [5.41, 5.74) is 7.80. The zero-order valence-electron chi connectivity index (χ0n) is 22.5. The third kappa shape index (κ3) is 5.08. The predicted molar refractivity (Wildman–Crippen MR) is 150 cm³/mol. The second-order valence-electron chi connectivity index (χ2n) is 10.3. The number of hydrogen-bond donors (Lipinski definition) is 3. The quantitative estimate of drug-likeness (QED) is 0.418. The third-order valence-corrected chi connectivity index (χ3v) is 8.10. The molecule has 5 rings (SSSR count). The Morgan fingerprint density at radius 2 is 2.05 bits per heavy atom. The van der Waals surface area contributed by atoms with Gasteiger partial charge in [0.1, 0.15) is 16.9 Å². The lowest BCUT2D eigenvalue weighted by atomic mass is 9.98. The van der Waals surface area contributed by atoms with E-state index in [0.29, 0.717) is 47.6 Å². The number of nitrogens with one attached hydrogen (secondary N) is 2. The molecule has 2 amide bonds. The highest BCUT2D eigenvalue weighted by atomic mass is 35.5. The average Bonchev–Trinajstić information content (AvgIpc) is 3.45. The highest BCUT2D eigenvalue weighted by Gasteiger charge is 2.47. The SMILES string of the molecule is CCN1C(=O)[C@H](N(C)C)CCc2c1ccc(Nc1ncc(Cl)c(N[C@H]3[C@@H](OC(N)=O)[C@@H]4C=C[C@H]3C4)n1)c2OC. The van der Waals surface area contributed by atoms with Gasteiger partial charge in [0, 0.05) is 23.9 Å². The lowest BCUT2D eigenvalue weighted by Gasteiger charge is -2.29. The van der Waals surface area contributed by atoms with Gasteiger partial charge in [-0.05, 0) is 52.4 Å². The number of primary amides is 1. The summed E-state index contributed by atoms with van der Waals surface area (Å²) < 4.78 is 11.3. The van der Waals surface area contributed by atoms with E-state index in [9.17, 15) is 9.59 Å². The fraction of sp³-hybridized carbons (Fsp3) is 0.481. The number of benzene rings is 1. The van der Waals surface area contributed by atoms with Crippen molar-refractivity contribution < 1.29 is 19.1 Å². The van der Waals surface area contributed by atoms with E-state index in [-0.39, 0.29) is 29.8 Å². The smallest absolute Gasteiger partial charge is 0.404 e. The van der Waals surface area contributed by atoms with Crippen molar-refractivity contribution in [2.45, 2.75) is 44.4 Å². The van der Waals surface area contributed by atoms with E-state index in [1.165, 1.54) is 6.20 Å². The van der Waals surface area contributed by atoms with E-state index in [4.69, 9.17) is 26.8 Å². The van der Waals surface area contributed by atoms with Crippen LogP contribution in [0.3, 0.4) is 0 Å². The summed E-state index contributed by atoms with van der Waals surface area (Å²) in [6, 6.07) is 3.38. The van der Waals surface area contributed by atoms with Crippen LogP contribution in [0.2, 0.25) is 5.02 Å². The number of rotatable bonds is 8. The highest BCUT2D eigenvalue weighted by Crippen LogP contribution is 2.43. The van der Waals surface area contributed by atoms with Gasteiger partial charge in [-0.1, -0.05) is 23.8 Å². The Bertz CT molecular complexity index is 1300. The monoisotopic (exact) mass is 555 g/mol. The van der Waals surface area contributed by atoms with Crippen LogP contribution in [-0.2, 0) is 16.0 Å². The van der Waals surface area contributed by atoms with Crippen molar-refractivity contribution in [3.05, 3.63) is 41.1 Å². The molecule has 0 unspecified atom stereocenters. The first kappa shape index (κ1) is 27.0. The van der Waals surface area contributed by atoms with E-state index >= 15 is 0 Å². The molecule has 2 aliphatic carbocycles. The molecule has 1 aromatic carbocycles. The summed E-state index contributed by atoms with van der Waals surface area (Å²) in [5, 5.41) is 6.96. The topological polar surface area (TPSA) is 135 Å². The molecule has 3 aliphatic rings. The second kappa shape index (κ2) is 10.9. The number of nitrogens with two attached hydrogens (primary N) is 1. The number of carbonyl (C=O) groups is 2. The van der Waals surface area contributed by atoms with Crippen molar-refractivity contribution in [2.24, 2.45) is 17.6 Å².